The molecular weight excluding hydrogens is 346 g/mol. The Morgan fingerprint density at radius 3 is 2.61 bits per heavy atom. The molecule has 28 heavy (non-hydrogen) atoms. The number of benzene rings is 2. The Hall–Kier alpha value is -1.84. The van der Waals surface area contributed by atoms with Crippen LogP contribution in [0.15, 0.2) is 48.5 Å². The maximum atomic E-state index is 10.5. The van der Waals surface area contributed by atoms with Gasteiger partial charge in [-0.1, -0.05) is 63.2 Å². The van der Waals surface area contributed by atoms with Gasteiger partial charge >= 0.3 is 0 Å². The van der Waals surface area contributed by atoms with Crippen LogP contribution in [-0.2, 0) is 23.2 Å². The van der Waals surface area contributed by atoms with Gasteiger partial charge in [-0.15, -0.1) is 0 Å². The summed E-state index contributed by atoms with van der Waals surface area (Å²) in [7, 11) is 0. The fraction of sp³-hybridized carbons (Fsp3) is 0.520. The largest absolute Gasteiger partial charge is 0.508 e. The first-order chi connectivity index (χ1) is 13.3. The predicted molar refractivity (Wildman–Crippen MR) is 114 cm³/mol. The highest BCUT2D eigenvalue weighted by Crippen LogP contribution is 2.57. The van der Waals surface area contributed by atoms with E-state index in [2.05, 4.69) is 62.9 Å². The van der Waals surface area contributed by atoms with E-state index in [1.165, 1.54) is 17.5 Å². The van der Waals surface area contributed by atoms with Crippen molar-refractivity contribution in [3.8, 4) is 5.75 Å². The minimum absolute atomic E-state index is 0.0346. The average Bonchev–Trinajstić information content (AvgIpc) is 3.00. The Morgan fingerprint density at radius 1 is 1.11 bits per heavy atom. The van der Waals surface area contributed by atoms with Crippen molar-refractivity contribution in [3.63, 3.8) is 0 Å². The second kappa shape index (κ2) is 7.20. The van der Waals surface area contributed by atoms with Crippen molar-refractivity contribution in [2.24, 2.45) is 5.41 Å². The van der Waals surface area contributed by atoms with E-state index >= 15 is 0 Å². The predicted octanol–water partition coefficient (Wildman–Crippen LogP) is 4.91. The van der Waals surface area contributed by atoms with Crippen LogP contribution in [0.5, 0.6) is 5.75 Å². The van der Waals surface area contributed by atoms with Crippen LogP contribution in [0, 0.1) is 5.41 Å². The molecule has 0 unspecified atom stereocenters. The first kappa shape index (κ1) is 19.5. The molecule has 2 aromatic rings. The molecule has 1 saturated heterocycles. The molecule has 3 atom stereocenters. The Morgan fingerprint density at radius 2 is 1.86 bits per heavy atom. The lowest BCUT2D eigenvalue weighted by Gasteiger charge is -2.52. The van der Waals surface area contributed by atoms with E-state index in [-0.39, 0.29) is 16.9 Å². The van der Waals surface area contributed by atoms with Gasteiger partial charge in [0.25, 0.3) is 0 Å². The van der Waals surface area contributed by atoms with Crippen LogP contribution in [0.25, 0.3) is 0 Å². The molecule has 0 aromatic heterocycles. The van der Waals surface area contributed by atoms with Crippen molar-refractivity contribution in [1.82, 2.24) is 4.90 Å². The minimum atomic E-state index is 0.0346. The third kappa shape index (κ3) is 3.15. The summed E-state index contributed by atoms with van der Waals surface area (Å²) in [6.07, 6.45) is 2.29. The van der Waals surface area contributed by atoms with Crippen LogP contribution < -0.4 is 0 Å². The molecule has 3 heteroatoms. The number of phenols is 1. The third-order valence-electron chi connectivity index (χ3n) is 7.61. The number of aromatic hydroxyl groups is 1. The number of phenolic OH excluding ortho intramolecular Hbond substituents is 1. The maximum Gasteiger partial charge on any atom is 0.119 e. The molecule has 1 fully saturated rings. The molecule has 150 valence electrons. The molecule has 2 aliphatic rings. The summed E-state index contributed by atoms with van der Waals surface area (Å²) in [5.74, 6) is 0.452. The smallest absolute Gasteiger partial charge is 0.119 e. The van der Waals surface area contributed by atoms with Gasteiger partial charge in [-0.05, 0) is 59.9 Å². The number of fused-ring (bicyclic) bond motifs is 2. The van der Waals surface area contributed by atoms with Crippen molar-refractivity contribution >= 4 is 0 Å². The van der Waals surface area contributed by atoms with Gasteiger partial charge < -0.3 is 9.84 Å². The van der Waals surface area contributed by atoms with E-state index in [0.29, 0.717) is 18.4 Å². The zero-order valence-corrected chi connectivity index (χ0v) is 17.6. The van der Waals surface area contributed by atoms with Crippen molar-refractivity contribution in [2.75, 3.05) is 13.1 Å². The van der Waals surface area contributed by atoms with Gasteiger partial charge in [0.2, 0.25) is 0 Å². The van der Waals surface area contributed by atoms with E-state index in [0.717, 1.165) is 25.1 Å². The van der Waals surface area contributed by atoms with Crippen LogP contribution in [0.2, 0.25) is 0 Å². The Kier molecular flexibility index (Phi) is 5.01. The van der Waals surface area contributed by atoms with Gasteiger partial charge in [0, 0.05) is 12.6 Å². The standard InChI is InChI=1S/C25H33NO2/c1-18(28-17-19-9-6-5-7-10-19)16-26-14-13-25(4)23(26)15-20-21(24(25,2)3)11-8-12-22(20)27/h5-12,18,23,27H,13-17H2,1-4H3/t18-,23-,25+/m1/s1. The summed E-state index contributed by atoms with van der Waals surface area (Å²) >= 11 is 0. The SMILES string of the molecule is C[C@H](CN1CC[C@@]2(C)[C@H]1Cc1c(O)cccc1C2(C)C)OCc1ccccc1. The van der Waals surface area contributed by atoms with E-state index in [4.69, 9.17) is 4.74 Å². The highest BCUT2D eigenvalue weighted by molar-refractivity contribution is 5.48. The highest BCUT2D eigenvalue weighted by Gasteiger charge is 2.56. The molecule has 0 saturated carbocycles. The number of hydrogen-bond donors (Lipinski definition) is 1. The lowest BCUT2D eigenvalue weighted by molar-refractivity contribution is 0.00734. The quantitative estimate of drug-likeness (QED) is 0.801. The van der Waals surface area contributed by atoms with Crippen LogP contribution in [0.3, 0.4) is 0 Å². The molecule has 0 radical (unpaired) electrons. The molecule has 0 spiro atoms. The fourth-order valence-corrected chi connectivity index (χ4v) is 5.47. The molecule has 1 aliphatic heterocycles. The summed E-state index contributed by atoms with van der Waals surface area (Å²) in [6.45, 7) is 12.0. The van der Waals surface area contributed by atoms with Crippen molar-refractivity contribution < 1.29 is 9.84 Å². The zero-order chi connectivity index (χ0) is 19.9. The number of hydrogen-bond acceptors (Lipinski definition) is 3. The van der Waals surface area contributed by atoms with Crippen molar-refractivity contribution in [2.45, 2.75) is 64.7 Å². The first-order valence-corrected chi connectivity index (χ1v) is 10.5. The van der Waals surface area contributed by atoms with Crippen LogP contribution in [-0.4, -0.2) is 35.2 Å². The third-order valence-corrected chi connectivity index (χ3v) is 7.61. The molecular formula is C25H33NO2. The number of likely N-dealkylation sites (tertiary alicyclic amines) is 1. The van der Waals surface area contributed by atoms with Crippen molar-refractivity contribution in [1.29, 1.82) is 0 Å². The Balaban J connectivity index is 1.50. The molecule has 0 amide bonds. The summed E-state index contributed by atoms with van der Waals surface area (Å²) in [4.78, 5) is 2.60. The van der Waals surface area contributed by atoms with Gasteiger partial charge in [0.15, 0.2) is 0 Å². The lowest BCUT2D eigenvalue weighted by Crippen LogP contribution is -2.54. The van der Waals surface area contributed by atoms with E-state index in [1.807, 2.05) is 18.2 Å². The van der Waals surface area contributed by atoms with Crippen LogP contribution >= 0.6 is 0 Å². The minimum Gasteiger partial charge on any atom is -0.508 e. The van der Waals surface area contributed by atoms with Gasteiger partial charge in [0.1, 0.15) is 5.75 Å². The summed E-state index contributed by atoms with van der Waals surface area (Å²) in [5, 5.41) is 10.5. The summed E-state index contributed by atoms with van der Waals surface area (Å²) in [5.41, 5.74) is 3.92. The van der Waals surface area contributed by atoms with E-state index in [9.17, 15) is 5.11 Å². The monoisotopic (exact) mass is 379 g/mol. The van der Waals surface area contributed by atoms with E-state index in [1.54, 1.807) is 0 Å². The molecule has 1 heterocycles. The second-order valence-electron chi connectivity index (χ2n) is 9.42. The maximum absolute atomic E-state index is 10.5. The van der Waals surface area contributed by atoms with Gasteiger partial charge in [-0.3, -0.25) is 4.90 Å². The molecule has 0 bridgehead atoms. The molecule has 1 aliphatic carbocycles. The second-order valence-corrected chi connectivity index (χ2v) is 9.42. The molecule has 2 aromatic carbocycles. The van der Waals surface area contributed by atoms with Gasteiger partial charge in [-0.2, -0.15) is 0 Å². The van der Waals surface area contributed by atoms with Crippen LogP contribution in [0.4, 0.5) is 0 Å². The number of nitrogens with zero attached hydrogens (tertiary/aromatic N) is 1. The number of rotatable bonds is 5. The summed E-state index contributed by atoms with van der Waals surface area (Å²) in [6, 6.07) is 16.9. The topological polar surface area (TPSA) is 32.7 Å². The Bertz CT molecular complexity index is 832. The summed E-state index contributed by atoms with van der Waals surface area (Å²) < 4.78 is 6.16. The highest BCUT2D eigenvalue weighted by atomic mass is 16.5. The average molecular weight is 380 g/mol. The van der Waals surface area contributed by atoms with Gasteiger partial charge in [-0.25, -0.2) is 0 Å². The molecule has 3 nitrogen and oxygen atoms in total. The molecule has 4 rings (SSSR count). The molecule has 1 N–H and O–H groups in total. The lowest BCUT2D eigenvalue weighted by atomic mass is 9.54. The first-order valence-electron chi connectivity index (χ1n) is 10.5. The zero-order valence-electron chi connectivity index (χ0n) is 17.6. The fourth-order valence-electron chi connectivity index (χ4n) is 5.47. The normalized spacial score (nSPS) is 27.2. The number of ether oxygens (including phenoxy) is 1. The van der Waals surface area contributed by atoms with Crippen LogP contribution in [0.1, 0.15) is 50.8 Å². The van der Waals surface area contributed by atoms with Crippen molar-refractivity contribution in [3.05, 3.63) is 65.2 Å². The Labute approximate surface area is 169 Å². The van der Waals surface area contributed by atoms with E-state index < -0.39 is 0 Å². The van der Waals surface area contributed by atoms with Gasteiger partial charge in [0.05, 0.1) is 12.7 Å².